The van der Waals surface area contributed by atoms with Gasteiger partial charge in [0.1, 0.15) is 11.6 Å². The maximum absolute atomic E-state index is 13.9. The van der Waals surface area contributed by atoms with E-state index >= 15 is 0 Å². The third-order valence-electron chi connectivity index (χ3n) is 10.3. The maximum atomic E-state index is 13.9. The smallest absolute Gasteiger partial charge is 0.417 e. The minimum Gasteiger partial charge on any atom is -0.435 e. The Bertz CT molecular complexity index is 1600. The first-order valence-corrected chi connectivity index (χ1v) is 15.5. The zero-order chi connectivity index (χ0) is 33.6. The van der Waals surface area contributed by atoms with Crippen molar-refractivity contribution in [3.05, 3.63) is 84.2 Å². The SMILES string of the molecule is O=C(NC12CCC(CN(C(=O)C3CC(O)(C(F)(F)F)C3)c3cccc(-c4ccc(OC(F)F)cc4)c3)(CC1)CC2)c1ccc(F)cc1. The number of nitrogens with zero attached hydrogens (tertiary/aromatic N) is 1. The van der Waals surface area contributed by atoms with Crippen molar-refractivity contribution in [1.29, 1.82) is 0 Å². The number of halogens is 6. The summed E-state index contributed by atoms with van der Waals surface area (Å²) < 4.78 is 83.4. The normalized spacial score (nSPS) is 26.9. The molecule has 4 aliphatic rings. The molecular formula is C35H34F6N2O4. The lowest BCUT2D eigenvalue weighted by atomic mass is 9.57. The average molecular weight is 661 g/mol. The van der Waals surface area contributed by atoms with Gasteiger partial charge in [-0.15, -0.1) is 0 Å². The highest BCUT2D eigenvalue weighted by molar-refractivity contribution is 5.97. The molecule has 4 aliphatic carbocycles. The lowest BCUT2D eigenvalue weighted by molar-refractivity contribution is -0.295. The molecule has 12 heteroatoms. The summed E-state index contributed by atoms with van der Waals surface area (Å²) in [5, 5.41) is 13.3. The highest BCUT2D eigenvalue weighted by atomic mass is 19.4. The molecule has 0 unspecified atom stereocenters. The number of benzene rings is 3. The van der Waals surface area contributed by atoms with E-state index < -0.39 is 54.4 Å². The van der Waals surface area contributed by atoms with Crippen molar-refractivity contribution in [3.63, 3.8) is 0 Å². The summed E-state index contributed by atoms with van der Waals surface area (Å²) in [5.41, 5.74) is -1.53. The quantitative estimate of drug-likeness (QED) is 0.231. The van der Waals surface area contributed by atoms with Crippen LogP contribution in [0.25, 0.3) is 11.1 Å². The highest BCUT2D eigenvalue weighted by Gasteiger charge is 2.63. The van der Waals surface area contributed by atoms with E-state index in [-0.39, 0.29) is 23.6 Å². The maximum Gasteiger partial charge on any atom is 0.417 e. The van der Waals surface area contributed by atoms with Crippen molar-refractivity contribution in [3.8, 4) is 16.9 Å². The van der Waals surface area contributed by atoms with Crippen molar-refractivity contribution in [2.24, 2.45) is 11.3 Å². The summed E-state index contributed by atoms with van der Waals surface area (Å²) in [5.74, 6) is -2.26. The van der Waals surface area contributed by atoms with E-state index in [4.69, 9.17) is 0 Å². The van der Waals surface area contributed by atoms with E-state index in [9.17, 15) is 41.0 Å². The van der Waals surface area contributed by atoms with Crippen molar-refractivity contribution in [2.45, 2.75) is 75.3 Å². The van der Waals surface area contributed by atoms with Gasteiger partial charge in [-0.25, -0.2) is 4.39 Å². The first kappa shape index (κ1) is 32.9. The van der Waals surface area contributed by atoms with Gasteiger partial charge in [0.2, 0.25) is 5.91 Å². The van der Waals surface area contributed by atoms with Crippen LogP contribution in [-0.4, -0.2) is 47.4 Å². The number of ether oxygens (including phenoxy) is 1. The van der Waals surface area contributed by atoms with Crippen LogP contribution in [0.3, 0.4) is 0 Å². The Balaban J connectivity index is 1.22. The topological polar surface area (TPSA) is 78.9 Å². The molecule has 3 aromatic carbocycles. The molecule has 250 valence electrons. The first-order chi connectivity index (χ1) is 22.2. The second-order valence-electron chi connectivity index (χ2n) is 13.3. The Morgan fingerprint density at radius 2 is 1.51 bits per heavy atom. The largest absolute Gasteiger partial charge is 0.435 e. The Morgan fingerprint density at radius 3 is 2.09 bits per heavy atom. The number of fused-ring (bicyclic) bond motifs is 3. The van der Waals surface area contributed by atoms with Gasteiger partial charge >= 0.3 is 12.8 Å². The number of amides is 2. The van der Waals surface area contributed by atoms with Crippen LogP contribution in [0.15, 0.2) is 72.8 Å². The molecule has 2 N–H and O–H groups in total. The van der Waals surface area contributed by atoms with Crippen molar-refractivity contribution >= 4 is 17.5 Å². The predicted octanol–water partition coefficient (Wildman–Crippen LogP) is 7.65. The van der Waals surface area contributed by atoms with Crippen LogP contribution in [0.1, 0.15) is 61.7 Å². The fourth-order valence-corrected chi connectivity index (χ4v) is 7.30. The summed E-state index contributed by atoms with van der Waals surface area (Å²) in [6.07, 6.45) is -2.34. The van der Waals surface area contributed by atoms with Gasteiger partial charge in [0.15, 0.2) is 5.60 Å². The minimum atomic E-state index is -4.85. The summed E-state index contributed by atoms with van der Waals surface area (Å²) in [6, 6.07) is 18.3. The fraction of sp³-hybridized carbons (Fsp3) is 0.429. The standard InChI is InChI=1S/C35H34F6N2O4/c36-26-8-4-23(5-9-26)29(44)42-33-15-12-32(13-16-33,14-17-33)21-43(30(45)25-19-34(46,20-25)35(39,40)41)27-3-1-2-24(18-27)22-6-10-28(11-7-22)47-31(37)38/h1-11,18,25,31,46H,12-17,19-21H2,(H,42,44). The van der Waals surface area contributed by atoms with Gasteiger partial charge in [0, 0.05) is 29.3 Å². The van der Waals surface area contributed by atoms with Crippen LogP contribution < -0.4 is 15.0 Å². The van der Waals surface area contributed by atoms with Gasteiger partial charge in [0.25, 0.3) is 5.91 Å². The molecule has 6 nitrogen and oxygen atoms in total. The van der Waals surface area contributed by atoms with E-state index in [1.807, 2.05) is 0 Å². The van der Waals surface area contributed by atoms with E-state index in [2.05, 4.69) is 10.1 Å². The van der Waals surface area contributed by atoms with Gasteiger partial charge in [-0.3, -0.25) is 9.59 Å². The number of rotatable bonds is 9. The molecular weight excluding hydrogens is 626 g/mol. The second kappa shape index (κ2) is 12.2. The number of carbonyl (C=O) groups is 2. The third-order valence-corrected chi connectivity index (χ3v) is 10.3. The Morgan fingerprint density at radius 1 is 0.894 bits per heavy atom. The molecule has 0 spiro atoms. The van der Waals surface area contributed by atoms with Crippen LogP contribution in [0.5, 0.6) is 5.75 Å². The lowest BCUT2D eigenvalue weighted by Gasteiger charge is -2.55. The van der Waals surface area contributed by atoms with Crippen molar-refractivity contribution in [2.75, 3.05) is 11.4 Å². The zero-order valence-corrected chi connectivity index (χ0v) is 25.3. The number of hydrogen-bond acceptors (Lipinski definition) is 4. The van der Waals surface area contributed by atoms with Gasteiger partial charge in [-0.2, -0.15) is 22.0 Å². The lowest BCUT2D eigenvalue weighted by Crippen LogP contribution is -2.61. The number of anilines is 1. The second-order valence-corrected chi connectivity index (χ2v) is 13.3. The fourth-order valence-electron chi connectivity index (χ4n) is 7.30. The molecule has 0 aliphatic heterocycles. The molecule has 2 amide bonds. The minimum absolute atomic E-state index is 0.0162. The number of nitrogens with one attached hydrogen (secondary N) is 1. The predicted molar refractivity (Wildman–Crippen MR) is 161 cm³/mol. The number of carbonyl (C=O) groups excluding carboxylic acids is 2. The molecule has 4 saturated carbocycles. The van der Waals surface area contributed by atoms with Crippen LogP contribution in [-0.2, 0) is 4.79 Å². The highest BCUT2D eigenvalue weighted by Crippen LogP contribution is 2.54. The molecule has 4 fully saturated rings. The van der Waals surface area contributed by atoms with Crippen LogP contribution in [0.4, 0.5) is 32.0 Å². The number of alkyl halides is 5. The molecule has 2 bridgehead atoms. The first-order valence-electron chi connectivity index (χ1n) is 15.5. The van der Waals surface area contributed by atoms with Gasteiger partial charge in [-0.05, 0) is 116 Å². The summed E-state index contributed by atoms with van der Waals surface area (Å²) in [6.45, 7) is -2.72. The van der Waals surface area contributed by atoms with E-state index in [1.54, 1.807) is 36.4 Å². The summed E-state index contributed by atoms with van der Waals surface area (Å²) >= 11 is 0. The molecule has 0 radical (unpaired) electrons. The molecule has 47 heavy (non-hydrogen) atoms. The van der Waals surface area contributed by atoms with Crippen LogP contribution in [0, 0.1) is 17.2 Å². The number of aliphatic hydroxyl groups is 1. The van der Waals surface area contributed by atoms with E-state index in [0.717, 1.165) is 0 Å². The van der Waals surface area contributed by atoms with Crippen LogP contribution >= 0.6 is 0 Å². The summed E-state index contributed by atoms with van der Waals surface area (Å²) in [4.78, 5) is 28.4. The Labute approximate surface area is 267 Å². The van der Waals surface area contributed by atoms with Crippen molar-refractivity contribution < 1.29 is 45.8 Å². The average Bonchev–Trinajstić information content (AvgIpc) is 3.02. The van der Waals surface area contributed by atoms with Crippen LogP contribution in [0.2, 0.25) is 0 Å². The molecule has 0 heterocycles. The van der Waals surface area contributed by atoms with Gasteiger partial charge in [0.05, 0.1) is 0 Å². The molecule has 0 aromatic heterocycles. The zero-order valence-electron chi connectivity index (χ0n) is 25.3. The summed E-state index contributed by atoms with van der Waals surface area (Å²) in [7, 11) is 0. The Hall–Kier alpha value is -4.06. The molecule has 0 atom stereocenters. The monoisotopic (exact) mass is 660 g/mol. The number of hydrogen-bond donors (Lipinski definition) is 2. The molecule has 7 rings (SSSR count). The van der Waals surface area contributed by atoms with E-state index in [0.29, 0.717) is 60.9 Å². The Kier molecular flexibility index (Phi) is 8.52. The van der Waals surface area contributed by atoms with E-state index in [1.165, 1.54) is 41.3 Å². The molecule has 0 saturated heterocycles. The third kappa shape index (κ3) is 6.70. The van der Waals surface area contributed by atoms with Gasteiger partial charge < -0.3 is 20.1 Å². The van der Waals surface area contributed by atoms with Gasteiger partial charge in [-0.1, -0.05) is 24.3 Å². The van der Waals surface area contributed by atoms with Crippen molar-refractivity contribution in [1.82, 2.24) is 5.32 Å². The molecule has 3 aromatic rings.